The molecular formula is C23H24N6. The van der Waals surface area contributed by atoms with Gasteiger partial charge in [-0.1, -0.05) is 36.4 Å². The van der Waals surface area contributed by atoms with Crippen molar-refractivity contribution in [3.63, 3.8) is 0 Å². The number of rotatable bonds is 6. The second-order valence-corrected chi connectivity index (χ2v) is 7.11. The minimum Gasteiger partial charge on any atom is -0.352 e. The van der Waals surface area contributed by atoms with Crippen LogP contribution in [0.2, 0.25) is 0 Å². The smallest absolute Gasteiger partial charge is 0.180 e. The van der Waals surface area contributed by atoms with Crippen LogP contribution in [-0.2, 0) is 13.1 Å². The van der Waals surface area contributed by atoms with Crippen molar-refractivity contribution in [3.05, 3.63) is 89.8 Å². The lowest BCUT2D eigenvalue weighted by molar-refractivity contribution is 0.702. The quantitative estimate of drug-likeness (QED) is 0.502. The minimum atomic E-state index is 0.642. The van der Waals surface area contributed by atoms with E-state index in [1.165, 1.54) is 5.56 Å². The molecule has 0 unspecified atom stereocenters. The zero-order chi connectivity index (χ0) is 20.2. The predicted octanol–water partition coefficient (Wildman–Crippen LogP) is 4.04. The SMILES string of the molecule is Cc1nc(-c2ccccn2)nc(N(C)Cc2nccn2Cc2ccccc2)c1C. The maximum atomic E-state index is 4.81. The number of hydrogen-bond donors (Lipinski definition) is 0. The Morgan fingerprint density at radius 1 is 0.897 bits per heavy atom. The maximum Gasteiger partial charge on any atom is 0.180 e. The van der Waals surface area contributed by atoms with Crippen molar-refractivity contribution < 1.29 is 0 Å². The van der Waals surface area contributed by atoms with Crippen molar-refractivity contribution in [1.82, 2.24) is 24.5 Å². The number of pyridine rings is 1. The van der Waals surface area contributed by atoms with Gasteiger partial charge in [-0.15, -0.1) is 0 Å². The number of anilines is 1. The van der Waals surface area contributed by atoms with Crippen molar-refractivity contribution in [1.29, 1.82) is 0 Å². The fraction of sp³-hybridized carbons (Fsp3) is 0.217. The normalized spacial score (nSPS) is 10.9. The van der Waals surface area contributed by atoms with E-state index in [2.05, 4.69) is 55.6 Å². The summed E-state index contributed by atoms with van der Waals surface area (Å²) in [4.78, 5) is 20.5. The van der Waals surface area contributed by atoms with Crippen LogP contribution >= 0.6 is 0 Å². The fourth-order valence-electron chi connectivity index (χ4n) is 3.30. The van der Waals surface area contributed by atoms with E-state index in [1.54, 1.807) is 6.20 Å². The molecule has 3 heterocycles. The standard InChI is InChI=1S/C23H24N6/c1-17-18(2)26-22(20-11-7-8-12-24-20)27-23(17)28(3)16-21-25-13-14-29(21)15-19-9-5-4-6-10-19/h4-14H,15-16H2,1-3H3. The molecule has 0 N–H and O–H groups in total. The Morgan fingerprint density at radius 2 is 1.69 bits per heavy atom. The van der Waals surface area contributed by atoms with E-state index >= 15 is 0 Å². The van der Waals surface area contributed by atoms with Gasteiger partial charge in [0.2, 0.25) is 0 Å². The summed E-state index contributed by atoms with van der Waals surface area (Å²) in [6.45, 7) is 5.51. The first-order valence-corrected chi connectivity index (χ1v) is 9.63. The molecule has 146 valence electrons. The van der Waals surface area contributed by atoms with Gasteiger partial charge in [0.1, 0.15) is 17.3 Å². The second-order valence-electron chi connectivity index (χ2n) is 7.11. The molecular weight excluding hydrogens is 360 g/mol. The molecule has 1 aromatic carbocycles. The van der Waals surface area contributed by atoms with Gasteiger partial charge >= 0.3 is 0 Å². The molecule has 0 radical (unpaired) electrons. The number of imidazole rings is 1. The predicted molar refractivity (Wildman–Crippen MR) is 115 cm³/mol. The number of hydrogen-bond acceptors (Lipinski definition) is 5. The number of aryl methyl sites for hydroxylation is 1. The lowest BCUT2D eigenvalue weighted by atomic mass is 10.2. The molecule has 4 aromatic rings. The first-order chi connectivity index (χ1) is 14.1. The van der Waals surface area contributed by atoms with Crippen LogP contribution in [-0.4, -0.2) is 31.6 Å². The fourth-order valence-corrected chi connectivity index (χ4v) is 3.30. The first-order valence-electron chi connectivity index (χ1n) is 9.63. The second kappa shape index (κ2) is 8.22. The van der Waals surface area contributed by atoms with Crippen molar-refractivity contribution >= 4 is 5.82 Å². The molecule has 0 saturated heterocycles. The zero-order valence-electron chi connectivity index (χ0n) is 16.9. The number of aromatic nitrogens is 5. The molecule has 29 heavy (non-hydrogen) atoms. The Morgan fingerprint density at radius 3 is 2.45 bits per heavy atom. The van der Waals surface area contributed by atoms with Gasteiger partial charge in [0, 0.05) is 43.4 Å². The largest absolute Gasteiger partial charge is 0.352 e. The van der Waals surface area contributed by atoms with Crippen LogP contribution in [0.4, 0.5) is 5.82 Å². The molecule has 0 bridgehead atoms. The van der Waals surface area contributed by atoms with Gasteiger partial charge in [0.25, 0.3) is 0 Å². The van der Waals surface area contributed by atoms with Crippen molar-refractivity contribution in [2.24, 2.45) is 0 Å². The molecule has 0 fully saturated rings. The summed E-state index contributed by atoms with van der Waals surface area (Å²) in [6, 6.07) is 16.2. The third-order valence-electron chi connectivity index (χ3n) is 5.00. The summed E-state index contributed by atoms with van der Waals surface area (Å²) in [5.41, 5.74) is 4.04. The van der Waals surface area contributed by atoms with Crippen LogP contribution in [0.25, 0.3) is 11.5 Å². The van der Waals surface area contributed by atoms with Crippen LogP contribution in [0.5, 0.6) is 0 Å². The van der Waals surface area contributed by atoms with Crippen molar-refractivity contribution in [3.8, 4) is 11.5 Å². The van der Waals surface area contributed by atoms with E-state index in [0.29, 0.717) is 12.4 Å². The van der Waals surface area contributed by atoms with Gasteiger partial charge in [-0.25, -0.2) is 15.0 Å². The van der Waals surface area contributed by atoms with E-state index in [9.17, 15) is 0 Å². The van der Waals surface area contributed by atoms with E-state index in [1.807, 2.05) is 50.6 Å². The Kier molecular flexibility index (Phi) is 5.33. The van der Waals surface area contributed by atoms with E-state index in [0.717, 1.165) is 35.1 Å². The third-order valence-corrected chi connectivity index (χ3v) is 5.00. The molecule has 6 heteroatoms. The van der Waals surface area contributed by atoms with Gasteiger partial charge in [0.05, 0.1) is 6.54 Å². The van der Waals surface area contributed by atoms with Gasteiger partial charge in [-0.05, 0) is 31.5 Å². The summed E-state index contributed by atoms with van der Waals surface area (Å²) in [7, 11) is 2.04. The average molecular weight is 384 g/mol. The van der Waals surface area contributed by atoms with Crippen LogP contribution in [0.1, 0.15) is 22.6 Å². The summed E-state index contributed by atoms with van der Waals surface area (Å²) >= 11 is 0. The minimum absolute atomic E-state index is 0.642. The molecule has 0 atom stereocenters. The molecule has 0 amide bonds. The molecule has 0 aliphatic carbocycles. The highest BCUT2D eigenvalue weighted by Crippen LogP contribution is 2.24. The number of nitrogens with zero attached hydrogens (tertiary/aromatic N) is 6. The monoisotopic (exact) mass is 384 g/mol. The Hall–Kier alpha value is -3.54. The third kappa shape index (κ3) is 4.16. The lowest BCUT2D eigenvalue weighted by Crippen LogP contribution is -2.22. The topological polar surface area (TPSA) is 59.7 Å². The first kappa shape index (κ1) is 18.8. The molecule has 0 saturated carbocycles. The van der Waals surface area contributed by atoms with Crippen LogP contribution in [0, 0.1) is 13.8 Å². The molecule has 0 aliphatic rings. The molecule has 6 nitrogen and oxygen atoms in total. The highest BCUT2D eigenvalue weighted by Gasteiger charge is 2.16. The molecule has 3 aromatic heterocycles. The van der Waals surface area contributed by atoms with E-state index < -0.39 is 0 Å². The Labute approximate surface area is 170 Å². The van der Waals surface area contributed by atoms with Gasteiger partial charge in [0.15, 0.2) is 5.82 Å². The molecule has 4 rings (SSSR count). The van der Waals surface area contributed by atoms with Crippen LogP contribution in [0.3, 0.4) is 0 Å². The zero-order valence-corrected chi connectivity index (χ0v) is 16.9. The summed E-state index contributed by atoms with van der Waals surface area (Å²) in [5.74, 6) is 2.53. The maximum absolute atomic E-state index is 4.81. The Balaban J connectivity index is 1.60. The van der Waals surface area contributed by atoms with E-state index in [4.69, 9.17) is 4.98 Å². The molecule has 0 spiro atoms. The average Bonchev–Trinajstić information content (AvgIpc) is 3.17. The molecule has 0 aliphatic heterocycles. The Bertz CT molecular complexity index is 1090. The number of benzene rings is 1. The highest BCUT2D eigenvalue weighted by atomic mass is 15.2. The summed E-state index contributed by atoms with van der Waals surface area (Å²) in [5, 5.41) is 0. The lowest BCUT2D eigenvalue weighted by Gasteiger charge is -2.22. The van der Waals surface area contributed by atoms with Gasteiger partial charge in [-0.3, -0.25) is 4.98 Å². The highest BCUT2D eigenvalue weighted by molar-refractivity contribution is 5.57. The summed E-state index contributed by atoms with van der Waals surface area (Å²) in [6.07, 6.45) is 5.63. The summed E-state index contributed by atoms with van der Waals surface area (Å²) < 4.78 is 2.18. The van der Waals surface area contributed by atoms with Gasteiger partial charge < -0.3 is 9.47 Å². The van der Waals surface area contributed by atoms with Gasteiger partial charge in [-0.2, -0.15) is 0 Å². The van der Waals surface area contributed by atoms with Crippen LogP contribution < -0.4 is 4.90 Å². The van der Waals surface area contributed by atoms with Crippen molar-refractivity contribution in [2.75, 3.05) is 11.9 Å². The van der Waals surface area contributed by atoms with Crippen molar-refractivity contribution in [2.45, 2.75) is 26.9 Å². The van der Waals surface area contributed by atoms with Crippen LogP contribution in [0.15, 0.2) is 67.1 Å². The van der Waals surface area contributed by atoms with E-state index in [-0.39, 0.29) is 0 Å².